The maximum absolute atomic E-state index is 14.0. The fraction of sp³-hybridized carbons (Fsp3) is 0.318. The number of aryl methyl sites for hydroxylation is 1. The van der Waals surface area contributed by atoms with Crippen LogP contribution in [0.3, 0.4) is 0 Å². The molecule has 3 nitrogen and oxygen atoms in total. The molecule has 0 radical (unpaired) electrons. The minimum Gasteiger partial charge on any atom is -0.461 e. The fourth-order valence-corrected chi connectivity index (χ4v) is 3.79. The minimum absolute atomic E-state index is 0.00195. The van der Waals surface area contributed by atoms with Gasteiger partial charge in [-0.15, -0.1) is 0 Å². The molecular formula is C22H22FNO2. The summed E-state index contributed by atoms with van der Waals surface area (Å²) in [4.78, 5) is 14.6. The van der Waals surface area contributed by atoms with Gasteiger partial charge in [-0.3, -0.25) is 4.79 Å². The summed E-state index contributed by atoms with van der Waals surface area (Å²) in [5.41, 5.74) is 2.58. The third-order valence-corrected chi connectivity index (χ3v) is 5.29. The van der Waals surface area contributed by atoms with Crippen molar-refractivity contribution in [2.75, 3.05) is 7.05 Å². The highest BCUT2D eigenvalue weighted by Crippen LogP contribution is 2.49. The van der Waals surface area contributed by atoms with Crippen LogP contribution >= 0.6 is 0 Å². The number of halogens is 1. The van der Waals surface area contributed by atoms with Crippen molar-refractivity contribution >= 4 is 16.9 Å². The van der Waals surface area contributed by atoms with Crippen LogP contribution in [0.25, 0.3) is 11.0 Å². The number of amides is 1. The van der Waals surface area contributed by atoms with E-state index in [4.69, 9.17) is 4.42 Å². The fourth-order valence-electron chi connectivity index (χ4n) is 3.79. The monoisotopic (exact) mass is 351 g/mol. The number of furan rings is 1. The molecule has 2 unspecified atom stereocenters. The second-order valence-electron chi connectivity index (χ2n) is 7.02. The zero-order valence-corrected chi connectivity index (χ0v) is 15.0. The van der Waals surface area contributed by atoms with E-state index in [-0.39, 0.29) is 23.6 Å². The Bertz CT molecular complexity index is 962. The Labute approximate surface area is 152 Å². The second-order valence-corrected chi connectivity index (χ2v) is 7.02. The van der Waals surface area contributed by atoms with Gasteiger partial charge in [-0.25, -0.2) is 4.39 Å². The van der Waals surface area contributed by atoms with E-state index in [1.807, 2.05) is 37.4 Å². The SMILES string of the molecule is CCc1oc2ccccc2c1CN(C)C(=O)C1CC1c1ccccc1F. The van der Waals surface area contributed by atoms with Gasteiger partial charge < -0.3 is 9.32 Å². The van der Waals surface area contributed by atoms with Gasteiger partial charge in [0.1, 0.15) is 17.2 Å². The maximum Gasteiger partial charge on any atom is 0.226 e. The quantitative estimate of drug-likeness (QED) is 0.655. The van der Waals surface area contributed by atoms with Crippen molar-refractivity contribution in [3.05, 3.63) is 71.2 Å². The van der Waals surface area contributed by atoms with Crippen LogP contribution in [0, 0.1) is 11.7 Å². The average molecular weight is 351 g/mol. The van der Waals surface area contributed by atoms with Crippen LogP contribution in [0.1, 0.15) is 36.1 Å². The Morgan fingerprint density at radius 1 is 1.19 bits per heavy atom. The predicted octanol–water partition coefficient (Wildman–Crippen LogP) is 4.90. The Hall–Kier alpha value is -2.62. The standard InChI is InChI=1S/C22H22FNO2/c1-3-20-18(15-9-5-7-11-21(15)26-20)13-24(2)22(25)17-12-16(17)14-8-4-6-10-19(14)23/h4-11,16-17H,3,12-13H2,1-2H3. The summed E-state index contributed by atoms with van der Waals surface area (Å²) in [6, 6.07) is 14.7. The molecule has 1 aromatic heterocycles. The van der Waals surface area contributed by atoms with Gasteiger partial charge in [0.2, 0.25) is 5.91 Å². The van der Waals surface area contributed by atoms with Crippen LogP contribution in [0.15, 0.2) is 52.9 Å². The Kier molecular flexibility index (Phi) is 4.27. The lowest BCUT2D eigenvalue weighted by atomic mass is 10.1. The third-order valence-electron chi connectivity index (χ3n) is 5.29. The van der Waals surface area contributed by atoms with Crippen molar-refractivity contribution in [3.8, 4) is 0 Å². The highest BCUT2D eigenvalue weighted by Gasteiger charge is 2.46. The second kappa shape index (κ2) is 6.60. The number of hydrogen-bond acceptors (Lipinski definition) is 2. The first-order valence-electron chi connectivity index (χ1n) is 9.08. The zero-order chi connectivity index (χ0) is 18.3. The number of para-hydroxylation sites is 1. The molecule has 4 heteroatoms. The van der Waals surface area contributed by atoms with Crippen LogP contribution in [-0.2, 0) is 17.8 Å². The lowest BCUT2D eigenvalue weighted by Crippen LogP contribution is -2.28. The van der Waals surface area contributed by atoms with Crippen LogP contribution in [-0.4, -0.2) is 17.9 Å². The molecular weight excluding hydrogens is 329 g/mol. The number of fused-ring (bicyclic) bond motifs is 1. The molecule has 1 saturated carbocycles. The smallest absolute Gasteiger partial charge is 0.226 e. The molecule has 1 amide bonds. The van der Waals surface area contributed by atoms with Crippen LogP contribution < -0.4 is 0 Å². The van der Waals surface area contributed by atoms with E-state index < -0.39 is 0 Å². The van der Waals surface area contributed by atoms with Crippen molar-refractivity contribution in [3.63, 3.8) is 0 Å². The number of carbonyl (C=O) groups excluding carboxylic acids is 1. The summed E-state index contributed by atoms with van der Waals surface area (Å²) >= 11 is 0. The van der Waals surface area contributed by atoms with Crippen LogP contribution in [0.5, 0.6) is 0 Å². The molecule has 0 N–H and O–H groups in total. The highest BCUT2D eigenvalue weighted by molar-refractivity contribution is 5.85. The summed E-state index contributed by atoms with van der Waals surface area (Å²) in [6.45, 7) is 2.57. The molecule has 134 valence electrons. The van der Waals surface area contributed by atoms with Gasteiger partial charge in [0, 0.05) is 36.9 Å². The average Bonchev–Trinajstić information content (AvgIpc) is 3.37. The van der Waals surface area contributed by atoms with Gasteiger partial charge in [0.15, 0.2) is 0 Å². The van der Waals surface area contributed by atoms with Gasteiger partial charge in [0.05, 0.1) is 0 Å². The van der Waals surface area contributed by atoms with E-state index >= 15 is 0 Å². The van der Waals surface area contributed by atoms with Gasteiger partial charge in [-0.2, -0.15) is 0 Å². The van der Waals surface area contributed by atoms with Gasteiger partial charge in [-0.1, -0.05) is 43.3 Å². The number of nitrogens with zero attached hydrogens (tertiary/aromatic N) is 1. The number of rotatable bonds is 5. The number of benzene rings is 2. The molecule has 2 aromatic carbocycles. The van der Waals surface area contributed by atoms with E-state index in [1.165, 1.54) is 6.07 Å². The lowest BCUT2D eigenvalue weighted by molar-refractivity contribution is -0.131. The summed E-state index contributed by atoms with van der Waals surface area (Å²) < 4.78 is 19.9. The van der Waals surface area contributed by atoms with Crippen molar-refractivity contribution in [2.24, 2.45) is 5.92 Å². The normalized spacial score (nSPS) is 18.9. The molecule has 3 aromatic rings. The maximum atomic E-state index is 14.0. The van der Waals surface area contributed by atoms with Crippen molar-refractivity contribution in [2.45, 2.75) is 32.2 Å². The van der Waals surface area contributed by atoms with Gasteiger partial charge in [0.25, 0.3) is 0 Å². The topological polar surface area (TPSA) is 33.5 Å². The van der Waals surface area contributed by atoms with Crippen molar-refractivity contribution < 1.29 is 13.6 Å². The summed E-state index contributed by atoms with van der Waals surface area (Å²) in [7, 11) is 1.82. The molecule has 1 aliphatic rings. The predicted molar refractivity (Wildman–Crippen MR) is 99.3 cm³/mol. The molecule has 0 aliphatic heterocycles. The Morgan fingerprint density at radius 2 is 1.92 bits per heavy atom. The molecule has 2 atom stereocenters. The molecule has 1 aliphatic carbocycles. The molecule has 1 heterocycles. The number of hydrogen-bond donors (Lipinski definition) is 0. The first-order chi connectivity index (χ1) is 12.6. The molecule has 4 rings (SSSR count). The third kappa shape index (κ3) is 2.90. The molecule has 26 heavy (non-hydrogen) atoms. The van der Waals surface area contributed by atoms with E-state index in [2.05, 4.69) is 6.92 Å². The van der Waals surface area contributed by atoms with Gasteiger partial charge >= 0.3 is 0 Å². The highest BCUT2D eigenvalue weighted by atomic mass is 19.1. The molecule has 1 fully saturated rings. The molecule has 0 saturated heterocycles. The lowest BCUT2D eigenvalue weighted by Gasteiger charge is -2.17. The Balaban J connectivity index is 1.52. The van der Waals surface area contributed by atoms with Crippen LogP contribution in [0.2, 0.25) is 0 Å². The number of carbonyl (C=O) groups is 1. The first-order valence-corrected chi connectivity index (χ1v) is 9.08. The van der Waals surface area contributed by atoms with E-state index in [9.17, 15) is 9.18 Å². The summed E-state index contributed by atoms with van der Waals surface area (Å²) in [5.74, 6) is 0.653. The molecule has 0 spiro atoms. The van der Waals surface area contributed by atoms with Crippen molar-refractivity contribution in [1.29, 1.82) is 0 Å². The zero-order valence-electron chi connectivity index (χ0n) is 15.0. The first kappa shape index (κ1) is 16.8. The van der Waals surface area contributed by atoms with Gasteiger partial charge in [-0.05, 0) is 30.0 Å². The Morgan fingerprint density at radius 3 is 2.69 bits per heavy atom. The summed E-state index contributed by atoms with van der Waals surface area (Å²) in [6.07, 6.45) is 1.50. The molecule has 0 bridgehead atoms. The van der Waals surface area contributed by atoms with Crippen molar-refractivity contribution in [1.82, 2.24) is 4.90 Å². The van der Waals surface area contributed by atoms with E-state index in [0.29, 0.717) is 12.1 Å². The minimum atomic E-state index is -0.218. The largest absolute Gasteiger partial charge is 0.461 e. The van der Waals surface area contributed by atoms with Crippen LogP contribution in [0.4, 0.5) is 4.39 Å². The van der Waals surface area contributed by atoms with E-state index in [1.54, 1.807) is 17.0 Å². The summed E-state index contributed by atoms with van der Waals surface area (Å²) in [5, 5.41) is 1.06. The van der Waals surface area contributed by atoms with E-state index in [0.717, 1.165) is 35.1 Å².